The zero-order valence-electron chi connectivity index (χ0n) is 12.3. The summed E-state index contributed by atoms with van der Waals surface area (Å²) in [6, 6.07) is 0. The summed E-state index contributed by atoms with van der Waals surface area (Å²) in [6.45, 7) is 3.63. The number of allylic oxidation sites excluding steroid dienone is 1. The molecule has 1 aliphatic heterocycles. The predicted molar refractivity (Wildman–Crippen MR) is 73.9 cm³/mol. The van der Waals surface area contributed by atoms with Gasteiger partial charge in [0.1, 0.15) is 0 Å². The molecule has 1 rings (SSSR count). The van der Waals surface area contributed by atoms with Crippen molar-refractivity contribution in [2.45, 2.75) is 32.5 Å². The van der Waals surface area contributed by atoms with Gasteiger partial charge in [-0.2, -0.15) is 0 Å². The number of aliphatic hydroxyl groups excluding tert-OH is 1. The highest BCUT2D eigenvalue weighted by Gasteiger charge is 2.25. The molecule has 0 saturated carbocycles. The molecule has 0 unspecified atom stereocenters. The summed E-state index contributed by atoms with van der Waals surface area (Å²) in [5.41, 5.74) is 0. The molecule has 0 spiro atoms. The summed E-state index contributed by atoms with van der Waals surface area (Å²) in [5.74, 6) is 0.305. The number of carbonyl (C=O) groups excluding carboxylic acids is 1. The smallest absolute Gasteiger partial charge is 0.286 e. The third kappa shape index (κ3) is 6.36. The van der Waals surface area contributed by atoms with Crippen molar-refractivity contribution in [1.82, 2.24) is 5.32 Å². The van der Waals surface area contributed by atoms with Gasteiger partial charge in [-0.25, -0.2) is 0 Å². The SMILES string of the molecule is COCCNC(=O)C1=C[C@H](C)C[C@H](OCCCCO)O1. The number of hydrogen-bond donors (Lipinski definition) is 2. The first-order chi connectivity index (χ1) is 9.67. The Balaban J connectivity index is 2.37. The first-order valence-corrected chi connectivity index (χ1v) is 7.05. The standard InChI is InChI=1S/C14H25NO5/c1-11-9-12(14(17)15-5-8-18-2)20-13(10-11)19-7-4-3-6-16/h9,11,13,16H,3-8,10H2,1-2H3,(H,15,17)/t11-,13+/m0/s1. The molecule has 0 fully saturated rings. The minimum absolute atomic E-state index is 0.165. The number of hydrogen-bond acceptors (Lipinski definition) is 5. The number of methoxy groups -OCH3 is 1. The fraction of sp³-hybridized carbons (Fsp3) is 0.786. The van der Waals surface area contributed by atoms with Crippen molar-refractivity contribution in [2.75, 3.05) is 33.5 Å². The van der Waals surface area contributed by atoms with Gasteiger partial charge in [0.25, 0.3) is 5.91 Å². The molecule has 6 nitrogen and oxygen atoms in total. The van der Waals surface area contributed by atoms with Crippen LogP contribution in [0.15, 0.2) is 11.8 Å². The average molecular weight is 287 g/mol. The summed E-state index contributed by atoms with van der Waals surface area (Å²) >= 11 is 0. The number of ether oxygens (including phenoxy) is 3. The van der Waals surface area contributed by atoms with Gasteiger partial charge in [-0.1, -0.05) is 6.92 Å². The third-order valence-corrected chi connectivity index (χ3v) is 2.93. The van der Waals surface area contributed by atoms with E-state index in [0.717, 1.165) is 12.8 Å². The van der Waals surface area contributed by atoms with Crippen LogP contribution >= 0.6 is 0 Å². The van der Waals surface area contributed by atoms with Crippen LogP contribution in [0.5, 0.6) is 0 Å². The molecule has 6 heteroatoms. The molecule has 0 aliphatic carbocycles. The van der Waals surface area contributed by atoms with Crippen molar-refractivity contribution >= 4 is 5.91 Å². The number of amides is 1. The van der Waals surface area contributed by atoms with Crippen LogP contribution in [0.1, 0.15) is 26.2 Å². The van der Waals surface area contributed by atoms with Crippen LogP contribution in [0, 0.1) is 5.92 Å². The molecule has 0 bridgehead atoms. The molecule has 0 saturated heterocycles. The molecule has 1 aliphatic rings. The minimum Gasteiger partial charge on any atom is -0.459 e. The lowest BCUT2D eigenvalue weighted by atomic mass is 10.0. The second-order valence-corrected chi connectivity index (χ2v) is 4.84. The van der Waals surface area contributed by atoms with Gasteiger partial charge in [-0.3, -0.25) is 4.79 Å². The number of nitrogens with one attached hydrogen (secondary N) is 1. The van der Waals surface area contributed by atoms with Gasteiger partial charge in [0, 0.05) is 26.7 Å². The van der Waals surface area contributed by atoms with E-state index in [1.54, 1.807) is 7.11 Å². The van der Waals surface area contributed by atoms with E-state index < -0.39 is 6.29 Å². The Hall–Kier alpha value is -1.11. The van der Waals surface area contributed by atoms with Crippen LogP contribution in [0.3, 0.4) is 0 Å². The highest BCUT2D eigenvalue weighted by molar-refractivity contribution is 5.91. The fourth-order valence-corrected chi connectivity index (χ4v) is 1.87. The van der Waals surface area contributed by atoms with E-state index in [1.807, 2.05) is 13.0 Å². The van der Waals surface area contributed by atoms with Crippen LogP contribution in [0.4, 0.5) is 0 Å². The fourth-order valence-electron chi connectivity index (χ4n) is 1.87. The van der Waals surface area contributed by atoms with Crippen LogP contribution in [-0.4, -0.2) is 50.8 Å². The first-order valence-electron chi connectivity index (χ1n) is 7.05. The molecule has 0 aromatic carbocycles. The Morgan fingerprint density at radius 2 is 2.30 bits per heavy atom. The molecule has 1 heterocycles. The Kier molecular flexibility index (Phi) is 8.25. The largest absolute Gasteiger partial charge is 0.459 e. The second kappa shape index (κ2) is 9.74. The monoisotopic (exact) mass is 287 g/mol. The first kappa shape index (κ1) is 16.9. The summed E-state index contributed by atoms with van der Waals surface area (Å²) in [7, 11) is 1.58. The number of aliphatic hydroxyl groups is 1. The second-order valence-electron chi connectivity index (χ2n) is 4.84. The predicted octanol–water partition coefficient (Wildman–Crippen LogP) is 0.804. The topological polar surface area (TPSA) is 77.0 Å². The lowest BCUT2D eigenvalue weighted by molar-refractivity contribution is -0.148. The Bertz CT molecular complexity index is 319. The van der Waals surface area contributed by atoms with E-state index in [2.05, 4.69) is 5.32 Å². The third-order valence-electron chi connectivity index (χ3n) is 2.93. The lowest BCUT2D eigenvalue weighted by Crippen LogP contribution is -2.34. The van der Waals surface area contributed by atoms with Crippen LogP contribution in [0.25, 0.3) is 0 Å². The Morgan fingerprint density at radius 1 is 1.50 bits per heavy atom. The Morgan fingerprint density at radius 3 is 3.00 bits per heavy atom. The van der Waals surface area contributed by atoms with Gasteiger partial charge >= 0.3 is 0 Å². The van der Waals surface area contributed by atoms with Crippen molar-refractivity contribution in [3.05, 3.63) is 11.8 Å². The Labute approximate surface area is 120 Å². The van der Waals surface area contributed by atoms with E-state index >= 15 is 0 Å². The number of unbranched alkanes of at least 4 members (excludes halogenated alkanes) is 1. The van der Waals surface area contributed by atoms with E-state index in [1.165, 1.54) is 0 Å². The van der Waals surface area contributed by atoms with Crippen LogP contribution in [-0.2, 0) is 19.0 Å². The van der Waals surface area contributed by atoms with Crippen LogP contribution in [0.2, 0.25) is 0 Å². The average Bonchev–Trinajstić information content (AvgIpc) is 2.43. The van der Waals surface area contributed by atoms with E-state index in [4.69, 9.17) is 19.3 Å². The summed E-state index contributed by atoms with van der Waals surface area (Å²) < 4.78 is 16.0. The molecule has 2 atom stereocenters. The molecular weight excluding hydrogens is 262 g/mol. The molecule has 1 amide bonds. The molecule has 20 heavy (non-hydrogen) atoms. The van der Waals surface area contributed by atoms with Crippen molar-refractivity contribution < 1.29 is 24.1 Å². The van der Waals surface area contributed by atoms with Gasteiger partial charge in [-0.05, 0) is 24.8 Å². The lowest BCUT2D eigenvalue weighted by Gasteiger charge is -2.27. The number of carbonyl (C=O) groups is 1. The quantitative estimate of drug-likeness (QED) is 0.614. The summed E-state index contributed by atoms with van der Waals surface area (Å²) in [5, 5.41) is 11.4. The maximum absolute atomic E-state index is 11.9. The maximum atomic E-state index is 11.9. The highest BCUT2D eigenvalue weighted by Crippen LogP contribution is 2.23. The van der Waals surface area contributed by atoms with Crippen molar-refractivity contribution in [1.29, 1.82) is 0 Å². The van der Waals surface area contributed by atoms with Gasteiger partial charge in [0.05, 0.1) is 13.2 Å². The highest BCUT2D eigenvalue weighted by atomic mass is 16.7. The van der Waals surface area contributed by atoms with Gasteiger partial charge in [0.15, 0.2) is 5.76 Å². The van der Waals surface area contributed by atoms with E-state index in [0.29, 0.717) is 31.9 Å². The summed E-state index contributed by atoms with van der Waals surface area (Å²) in [6.07, 6.45) is 3.65. The molecule has 0 radical (unpaired) electrons. The van der Waals surface area contributed by atoms with Crippen molar-refractivity contribution in [2.24, 2.45) is 5.92 Å². The van der Waals surface area contributed by atoms with Crippen molar-refractivity contribution in [3.63, 3.8) is 0 Å². The number of rotatable bonds is 9. The molecule has 0 aromatic heterocycles. The molecule has 116 valence electrons. The molecule has 0 aromatic rings. The molecule has 2 N–H and O–H groups in total. The molecular formula is C14H25NO5. The minimum atomic E-state index is -0.392. The van der Waals surface area contributed by atoms with E-state index in [-0.39, 0.29) is 18.4 Å². The maximum Gasteiger partial charge on any atom is 0.286 e. The van der Waals surface area contributed by atoms with Gasteiger partial charge < -0.3 is 24.6 Å². The van der Waals surface area contributed by atoms with Gasteiger partial charge in [0.2, 0.25) is 6.29 Å². The van der Waals surface area contributed by atoms with Crippen LogP contribution < -0.4 is 5.32 Å². The normalized spacial score (nSPS) is 22.1. The van der Waals surface area contributed by atoms with Crippen molar-refractivity contribution in [3.8, 4) is 0 Å². The summed E-state index contributed by atoms with van der Waals surface area (Å²) in [4.78, 5) is 11.9. The zero-order chi connectivity index (χ0) is 14.8. The van der Waals surface area contributed by atoms with Gasteiger partial charge in [-0.15, -0.1) is 0 Å². The zero-order valence-corrected chi connectivity index (χ0v) is 12.3. The van der Waals surface area contributed by atoms with E-state index in [9.17, 15) is 4.79 Å².